The Labute approximate surface area is 127 Å². The van der Waals surface area contributed by atoms with Crippen LogP contribution in [0.2, 0.25) is 4.34 Å². The lowest BCUT2D eigenvalue weighted by atomic mass is 10.1. The molecule has 0 spiro atoms. The van der Waals surface area contributed by atoms with Gasteiger partial charge in [-0.3, -0.25) is 0 Å². The van der Waals surface area contributed by atoms with E-state index < -0.39 is 0 Å². The number of nitrogens with one attached hydrogen (secondary N) is 1. The standard InChI is InChI=1S/C13H18ClN3S2/c1-3-5-10-13(19-17-16-10)11(15-4-2)8-9-6-7-12(14)18-9/h6-7,11,15H,3-5,8H2,1-2H3. The molecule has 0 bridgehead atoms. The van der Waals surface area contributed by atoms with E-state index in [9.17, 15) is 0 Å². The second-order valence-electron chi connectivity index (χ2n) is 4.35. The summed E-state index contributed by atoms with van der Waals surface area (Å²) >= 11 is 9.16. The average Bonchev–Trinajstić information content (AvgIpc) is 2.99. The molecular formula is C13H18ClN3S2. The highest BCUT2D eigenvalue weighted by Crippen LogP contribution is 2.29. The zero-order valence-corrected chi connectivity index (χ0v) is 13.5. The molecule has 2 rings (SSSR count). The molecule has 1 N–H and O–H groups in total. The molecule has 0 aromatic carbocycles. The molecule has 2 aromatic rings. The highest BCUT2D eigenvalue weighted by atomic mass is 35.5. The molecule has 0 radical (unpaired) electrons. The van der Waals surface area contributed by atoms with Gasteiger partial charge in [-0.25, -0.2) is 0 Å². The molecule has 0 fully saturated rings. The Bertz CT molecular complexity index is 509. The SMILES string of the molecule is CCCc1nnsc1C(Cc1ccc(Cl)s1)NCC. The molecule has 2 heterocycles. The van der Waals surface area contributed by atoms with Crippen LogP contribution in [0.15, 0.2) is 12.1 Å². The summed E-state index contributed by atoms with van der Waals surface area (Å²) in [5.74, 6) is 0. The first-order chi connectivity index (χ1) is 9.24. The van der Waals surface area contributed by atoms with Gasteiger partial charge >= 0.3 is 0 Å². The number of thiophene rings is 1. The predicted molar refractivity (Wildman–Crippen MR) is 83.4 cm³/mol. The van der Waals surface area contributed by atoms with Gasteiger partial charge in [0.25, 0.3) is 0 Å². The van der Waals surface area contributed by atoms with Crippen LogP contribution in [-0.2, 0) is 12.8 Å². The molecular weight excluding hydrogens is 298 g/mol. The van der Waals surface area contributed by atoms with Crippen molar-refractivity contribution in [1.82, 2.24) is 14.9 Å². The van der Waals surface area contributed by atoms with E-state index in [0.717, 1.165) is 35.8 Å². The summed E-state index contributed by atoms with van der Waals surface area (Å²) in [6.45, 7) is 5.24. The van der Waals surface area contributed by atoms with Crippen LogP contribution in [0.25, 0.3) is 0 Å². The van der Waals surface area contributed by atoms with E-state index in [1.165, 1.54) is 21.3 Å². The van der Waals surface area contributed by atoms with Crippen molar-refractivity contribution in [2.45, 2.75) is 39.2 Å². The van der Waals surface area contributed by atoms with Crippen molar-refractivity contribution < 1.29 is 0 Å². The summed E-state index contributed by atoms with van der Waals surface area (Å²) < 4.78 is 4.97. The number of rotatable bonds is 7. The Balaban J connectivity index is 2.16. The van der Waals surface area contributed by atoms with E-state index in [-0.39, 0.29) is 0 Å². The van der Waals surface area contributed by atoms with Gasteiger partial charge in [0.15, 0.2) is 0 Å². The lowest BCUT2D eigenvalue weighted by Gasteiger charge is -2.16. The molecule has 0 saturated carbocycles. The summed E-state index contributed by atoms with van der Waals surface area (Å²) in [4.78, 5) is 2.57. The zero-order valence-electron chi connectivity index (χ0n) is 11.1. The van der Waals surface area contributed by atoms with E-state index >= 15 is 0 Å². The first kappa shape index (κ1) is 14.9. The van der Waals surface area contributed by atoms with Crippen LogP contribution in [0.5, 0.6) is 0 Å². The van der Waals surface area contributed by atoms with E-state index in [0.29, 0.717) is 6.04 Å². The topological polar surface area (TPSA) is 37.8 Å². The molecule has 0 aliphatic carbocycles. The third-order valence-electron chi connectivity index (χ3n) is 2.87. The maximum atomic E-state index is 6.00. The van der Waals surface area contributed by atoms with E-state index in [1.807, 2.05) is 6.07 Å². The molecule has 19 heavy (non-hydrogen) atoms. The van der Waals surface area contributed by atoms with Gasteiger partial charge in [0.1, 0.15) is 0 Å². The van der Waals surface area contributed by atoms with Gasteiger partial charge in [0, 0.05) is 17.3 Å². The predicted octanol–water partition coefficient (Wildman–Crippen LogP) is 4.10. The Morgan fingerprint density at radius 2 is 2.21 bits per heavy atom. The second-order valence-corrected chi connectivity index (χ2v) is 6.94. The van der Waals surface area contributed by atoms with Crippen molar-refractivity contribution in [3.05, 3.63) is 31.9 Å². The largest absolute Gasteiger partial charge is 0.309 e. The zero-order chi connectivity index (χ0) is 13.7. The second kappa shape index (κ2) is 7.33. The fraction of sp³-hybridized carbons (Fsp3) is 0.538. The number of nitrogens with zero attached hydrogens (tertiary/aromatic N) is 2. The first-order valence-electron chi connectivity index (χ1n) is 6.53. The van der Waals surface area contributed by atoms with Gasteiger partial charge < -0.3 is 5.32 Å². The molecule has 0 aliphatic rings. The van der Waals surface area contributed by atoms with Crippen molar-refractivity contribution in [3.8, 4) is 0 Å². The van der Waals surface area contributed by atoms with E-state index in [1.54, 1.807) is 11.3 Å². The van der Waals surface area contributed by atoms with Crippen LogP contribution in [0.4, 0.5) is 0 Å². The fourth-order valence-electron chi connectivity index (χ4n) is 2.06. The Hall–Kier alpha value is -0.490. The lowest BCUT2D eigenvalue weighted by Crippen LogP contribution is -2.22. The minimum absolute atomic E-state index is 0.293. The van der Waals surface area contributed by atoms with Crippen LogP contribution in [-0.4, -0.2) is 16.1 Å². The number of hydrogen-bond donors (Lipinski definition) is 1. The normalized spacial score (nSPS) is 12.8. The van der Waals surface area contributed by atoms with Gasteiger partial charge in [-0.15, -0.1) is 16.4 Å². The summed E-state index contributed by atoms with van der Waals surface area (Å²) in [6.07, 6.45) is 3.05. The quantitative estimate of drug-likeness (QED) is 0.836. The van der Waals surface area contributed by atoms with E-state index in [2.05, 4.69) is 34.8 Å². The monoisotopic (exact) mass is 315 g/mol. The summed E-state index contributed by atoms with van der Waals surface area (Å²) in [5, 5.41) is 7.80. The van der Waals surface area contributed by atoms with Gasteiger partial charge in [0.2, 0.25) is 0 Å². The Morgan fingerprint density at radius 1 is 1.37 bits per heavy atom. The molecule has 1 atom stereocenters. The van der Waals surface area contributed by atoms with Gasteiger partial charge in [-0.05, 0) is 36.6 Å². The molecule has 104 valence electrons. The summed E-state index contributed by atoms with van der Waals surface area (Å²) in [5.41, 5.74) is 1.14. The van der Waals surface area contributed by atoms with Crippen molar-refractivity contribution in [2.24, 2.45) is 0 Å². The van der Waals surface area contributed by atoms with Crippen molar-refractivity contribution >= 4 is 34.5 Å². The number of aromatic nitrogens is 2. The Morgan fingerprint density at radius 3 is 2.84 bits per heavy atom. The first-order valence-corrected chi connectivity index (χ1v) is 8.50. The van der Waals surface area contributed by atoms with Gasteiger partial charge in [-0.1, -0.05) is 36.4 Å². The number of halogens is 1. The van der Waals surface area contributed by atoms with Crippen molar-refractivity contribution in [1.29, 1.82) is 0 Å². The smallest absolute Gasteiger partial charge is 0.0931 e. The summed E-state index contributed by atoms with van der Waals surface area (Å²) in [7, 11) is 0. The van der Waals surface area contributed by atoms with Crippen molar-refractivity contribution in [2.75, 3.05) is 6.54 Å². The van der Waals surface area contributed by atoms with Gasteiger partial charge in [0.05, 0.1) is 14.9 Å². The molecule has 2 aromatic heterocycles. The Kier molecular flexibility index (Phi) is 5.76. The minimum Gasteiger partial charge on any atom is -0.309 e. The van der Waals surface area contributed by atoms with Crippen molar-refractivity contribution in [3.63, 3.8) is 0 Å². The molecule has 0 amide bonds. The lowest BCUT2D eigenvalue weighted by molar-refractivity contribution is 0.555. The average molecular weight is 316 g/mol. The number of likely N-dealkylation sites (N-methyl/N-ethyl adjacent to an activating group) is 1. The minimum atomic E-state index is 0.293. The molecule has 1 unspecified atom stereocenters. The number of hydrogen-bond acceptors (Lipinski definition) is 5. The maximum Gasteiger partial charge on any atom is 0.0931 e. The molecule has 3 nitrogen and oxygen atoms in total. The highest BCUT2D eigenvalue weighted by Gasteiger charge is 2.19. The van der Waals surface area contributed by atoms with Crippen LogP contribution in [0, 0.1) is 0 Å². The molecule has 0 aliphatic heterocycles. The van der Waals surface area contributed by atoms with Crippen LogP contribution in [0.1, 0.15) is 41.8 Å². The number of aryl methyl sites for hydroxylation is 1. The van der Waals surface area contributed by atoms with E-state index in [4.69, 9.17) is 11.6 Å². The van der Waals surface area contributed by atoms with Crippen LogP contribution in [0.3, 0.4) is 0 Å². The molecule has 6 heteroatoms. The summed E-state index contributed by atoms with van der Waals surface area (Å²) in [6, 6.07) is 4.36. The molecule has 0 saturated heterocycles. The highest BCUT2D eigenvalue weighted by molar-refractivity contribution is 7.16. The van der Waals surface area contributed by atoms with Crippen LogP contribution < -0.4 is 5.32 Å². The third kappa shape index (κ3) is 3.99. The van der Waals surface area contributed by atoms with Gasteiger partial charge in [-0.2, -0.15) is 0 Å². The fourth-order valence-corrected chi connectivity index (χ4v) is 3.96. The maximum absolute atomic E-state index is 6.00. The third-order valence-corrected chi connectivity index (χ3v) is 5.01. The van der Waals surface area contributed by atoms with Crippen LogP contribution >= 0.6 is 34.5 Å².